The van der Waals surface area contributed by atoms with Crippen LogP contribution >= 0.6 is 7.26 Å². The van der Waals surface area contributed by atoms with Crippen molar-refractivity contribution in [2.75, 3.05) is 13.8 Å². The Morgan fingerprint density at radius 1 is 0.714 bits per heavy atom. The van der Waals surface area contributed by atoms with Crippen LogP contribution in [0.4, 0.5) is 0 Å². The molecule has 0 aromatic heterocycles. The summed E-state index contributed by atoms with van der Waals surface area (Å²) in [6.45, 7) is 4.14. The predicted octanol–water partition coefficient (Wildman–Crippen LogP) is 4.30. The van der Waals surface area contributed by atoms with E-state index in [2.05, 4.69) is 67.3 Å². The third-order valence-corrected chi connectivity index (χ3v) is 10.5. The molecule has 35 heavy (non-hydrogen) atoms. The van der Waals surface area contributed by atoms with Gasteiger partial charge in [0.2, 0.25) is 0 Å². The minimum absolute atomic E-state index is 0.178. The molecule has 5 nitrogen and oxygen atoms in total. The Balaban J connectivity index is 0.000000261. The molecule has 0 N–H and O–H groups in total. The van der Waals surface area contributed by atoms with Crippen LogP contribution < -0.4 is 15.9 Å². The molecule has 0 atom stereocenters. The molecular weight excluding hydrogens is 479 g/mol. The first-order valence-corrected chi connectivity index (χ1v) is 14.5. The number of hydrogen-bond acceptors (Lipinski definition) is 5. The average molecular weight is 507 g/mol. The summed E-state index contributed by atoms with van der Waals surface area (Å²) in [6.07, 6.45) is 0. The van der Waals surface area contributed by atoms with Crippen LogP contribution in [0.2, 0.25) is 0 Å². The normalized spacial score (nSPS) is 11.2. The first-order chi connectivity index (χ1) is 16.7. The van der Waals surface area contributed by atoms with E-state index in [1.165, 1.54) is 35.2 Å². The summed E-state index contributed by atoms with van der Waals surface area (Å²) in [5.41, 5.74) is 1.51. The van der Waals surface area contributed by atoms with Crippen molar-refractivity contribution >= 4 is 39.3 Å². The van der Waals surface area contributed by atoms with E-state index >= 15 is 0 Å². The summed E-state index contributed by atoms with van der Waals surface area (Å²) < 4.78 is 36.0. The van der Waals surface area contributed by atoms with Crippen LogP contribution in [0.1, 0.15) is 15.9 Å². The second kappa shape index (κ2) is 11.4. The van der Waals surface area contributed by atoms with Gasteiger partial charge in [-0.15, -0.1) is 0 Å². The molecule has 180 valence electrons. The molecule has 4 aromatic rings. The zero-order valence-electron chi connectivity index (χ0n) is 19.8. The lowest BCUT2D eigenvalue weighted by molar-refractivity contribution is 0.0600. The first kappa shape index (κ1) is 26.3. The molecule has 4 rings (SSSR count). The molecule has 7 heteroatoms. The van der Waals surface area contributed by atoms with Crippen molar-refractivity contribution in [3.05, 3.63) is 120 Å². The lowest BCUT2D eigenvalue weighted by atomic mass is 10.2. The van der Waals surface area contributed by atoms with E-state index in [4.69, 9.17) is 4.74 Å². The fourth-order valence-corrected chi connectivity index (χ4v) is 7.26. The monoisotopic (exact) mass is 506 g/mol. The summed E-state index contributed by atoms with van der Waals surface area (Å²) in [5.74, 6) is -0.305. The van der Waals surface area contributed by atoms with Gasteiger partial charge in [-0.1, -0.05) is 54.1 Å². The van der Waals surface area contributed by atoms with Gasteiger partial charge in [0.1, 0.15) is 33.3 Å². The van der Waals surface area contributed by atoms with E-state index < -0.39 is 17.4 Å². The molecule has 0 amide bonds. The van der Waals surface area contributed by atoms with Gasteiger partial charge < -0.3 is 9.29 Å². The third kappa shape index (κ3) is 6.43. The van der Waals surface area contributed by atoms with Gasteiger partial charge in [-0.3, -0.25) is 0 Å². The van der Waals surface area contributed by atoms with Crippen molar-refractivity contribution in [2.45, 2.75) is 11.8 Å². The molecule has 0 saturated heterocycles. The van der Waals surface area contributed by atoms with Crippen LogP contribution in [0.3, 0.4) is 0 Å². The highest BCUT2D eigenvalue weighted by Gasteiger charge is 2.39. The van der Waals surface area contributed by atoms with Crippen molar-refractivity contribution in [2.24, 2.45) is 0 Å². The van der Waals surface area contributed by atoms with Gasteiger partial charge in [0.25, 0.3) is 0 Å². The van der Waals surface area contributed by atoms with Crippen LogP contribution in [0.25, 0.3) is 0 Å². The minimum Gasteiger partial charge on any atom is -0.744 e. The zero-order chi connectivity index (χ0) is 25.5. The van der Waals surface area contributed by atoms with Crippen LogP contribution in [0.5, 0.6) is 0 Å². The topological polar surface area (TPSA) is 83.5 Å². The highest BCUT2D eigenvalue weighted by atomic mass is 32.2. The van der Waals surface area contributed by atoms with E-state index in [9.17, 15) is 17.8 Å². The number of benzene rings is 4. The Bertz CT molecular complexity index is 1310. The molecule has 0 radical (unpaired) electrons. The van der Waals surface area contributed by atoms with Crippen molar-refractivity contribution in [1.82, 2.24) is 0 Å². The van der Waals surface area contributed by atoms with Crippen molar-refractivity contribution < 1.29 is 22.5 Å². The summed E-state index contributed by atoms with van der Waals surface area (Å²) in [4.78, 5) is 11.5. The number of ether oxygens (including phenoxy) is 1. The SMILES string of the molecule is COC(=O)c1ccc([P+](C)(c2ccccc2)c2ccccc2)cc1.Cc1ccc(S(=O)(=O)[O-])cc1. The number of carbonyl (C=O) groups excluding carboxylic acids is 1. The number of carbonyl (C=O) groups is 1. The van der Waals surface area contributed by atoms with Crippen LogP contribution in [0, 0.1) is 6.92 Å². The van der Waals surface area contributed by atoms with Gasteiger partial charge in [-0.05, 0) is 67.6 Å². The van der Waals surface area contributed by atoms with Crippen LogP contribution in [-0.2, 0) is 14.9 Å². The molecule has 0 spiro atoms. The molecule has 0 saturated carbocycles. The maximum atomic E-state index is 11.7. The number of hydrogen-bond donors (Lipinski definition) is 0. The maximum absolute atomic E-state index is 11.7. The van der Waals surface area contributed by atoms with Gasteiger partial charge in [0, 0.05) is 0 Å². The van der Waals surface area contributed by atoms with E-state index in [1.54, 1.807) is 12.1 Å². The van der Waals surface area contributed by atoms with E-state index in [0.717, 1.165) is 5.56 Å². The quantitative estimate of drug-likeness (QED) is 0.229. The molecule has 0 aliphatic carbocycles. The number of esters is 1. The van der Waals surface area contributed by atoms with E-state index in [1.807, 2.05) is 31.2 Å². The van der Waals surface area contributed by atoms with Gasteiger partial charge in [0.15, 0.2) is 0 Å². The molecule has 0 aliphatic heterocycles. The second-order valence-electron chi connectivity index (χ2n) is 7.98. The molecule has 0 aliphatic rings. The Morgan fingerprint density at radius 3 is 1.54 bits per heavy atom. The summed E-state index contributed by atoms with van der Waals surface area (Å²) in [7, 11) is -4.60. The Kier molecular flexibility index (Phi) is 8.57. The highest BCUT2D eigenvalue weighted by molar-refractivity contribution is 7.95. The average Bonchev–Trinajstić information content (AvgIpc) is 2.89. The minimum atomic E-state index is -4.27. The molecule has 0 fully saturated rings. The van der Waals surface area contributed by atoms with Crippen LogP contribution in [0.15, 0.2) is 114 Å². The molecule has 0 unspecified atom stereocenters. The molecular formula is C28H27O5PS. The second-order valence-corrected chi connectivity index (χ2v) is 12.9. The highest BCUT2D eigenvalue weighted by Crippen LogP contribution is 2.51. The number of methoxy groups -OCH3 is 1. The van der Waals surface area contributed by atoms with Gasteiger partial charge >= 0.3 is 5.97 Å². The smallest absolute Gasteiger partial charge is 0.337 e. The Hall–Kier alpha value is -3.31. The zero-order valence-corrected chi connectivity index (χ0v) is 21.5. The fourth-order valence-electron chi connectivity index (χ4n) is 3.62. The molecule has 0 bridgehead atoms. The van der Waals surface area contributed by atoms with Crippen molar-refractivity contribution in [1.29, 1.82) is 0 Å². The summed E-state index contributed by atoms with van der Waals surface area (Å²) >= 11 is 0. The van der Waals surface area contributed by atoms with Crippen molar-refractivity contribution in [3.63, 3.8) is 0 Å². The summed E-state index contributed by atoms with van der Waals surface area (Å²) in [6, 6.07) is 34.8. The van der Waals surface area contributed by atoms with Gasteiger partial charge in [-0.25, -0.2) is 13.2 Å². The molecule has 0 heterocycles. The molecule has 4 aromatic carbocycles. The lowest BCUT2D eigenvalue weighted by Gasteiger charge is -2.23. The largest absolute Gasteiger partial charge is 0.744 e. The Morgan fingerprint density at radius 2 is 1.14 bits per heavy atom. The maximum Gasteiger partial charge on any atom is 0.337 e. The van der Waals surface area contributed by atoms with Gasteiger partial charge in [-0.2, -0.15) is 0 Å². The third-order valence-electron chi connectivity index (χ3n) is 5.66. The lowest BCUT2D eigenvalue weighted by Crippen LogP contribution is -2.30. The van der Waals surface area contributed by atoms with E-state index in [0.29, 0.717) is 5.56 Å². The fraction of sp³-hybridized carbons (Fsp3) is 0.107. The Labute approximate surface area is 207 Å². The van der Waals surface area contributed by atoms with Crippen LogP contribution in [-0.4, -0.2) is 32.7 Å². The van der Waals surface area contributed by atoms with Gasteiger partial charge in [0.05, 0.1) is 24.2 Å². The number of aryl methyl sites for hydroxylation is 1. The summed E-state index contributed by atoms with van der Waals surface area (Å²) in [5, 5.41) is 3.89. The predicted molar refractivity (Wildman–Crippen MR) is 142 cm³/mol. The van der Waals surface area contributed by atoms with Crippen molar-refractivity contribution in [3.8, 4) is 0 Å². The standard InChI is InChI=1S/C21H20O2P.C7H8O3S/c1-23-21(22)17-13-15-20(16-14-17)24(2,18-9-5-3-6-10-18)19-11-7-4-8-12-19;1-6-2-4-7(5-3-6)11(8,9)10/h3-16H,1-2H3;2-5H,1H3,(H,8,9,10)/q+1;/p-1. The van der Waals surface area contributed by atoms with E-state index in [-0.39, 0.29) is 10.9 Å². The number of rotatable bonds is 5. The first-order valence-electron chi connectivity index (χ1n) is 10.9.